The van der Waals surface area contributed by atoms with Crippen molar-refractivity contribution in [1.82, 2.24) is 0 Å². The lowest BCUT2D eigenvalue weighted by Gasteiger charge is -2.37. The van der Waals surface area contributed by atoms with Gasteiger partial charge in [0, 0.05) is 27.1 Å². The van der Waals surface area contributed by atoms with Crippen LogP contribution in [0.3, 0.4) is 0 Å². The smallest absolute Gasteiger partial charge is 0.139 e. The molecule has 3 rings (SSSR count). The molecule has 2 heterocycles. The molecule has 0 unspecified atom stereocenters. The fourth-order valence-electron chi connectivity index (χ4n) is 3.58. The maximum Gasteiger partial charge on any atom is 0.139 e. The summed E-state index contributed by atoms with van der Waals surface area (Å²) in [6.07, 6.45) is -0.392. The zero-order valence-corrected chi connectivity index (χ0v) is 9.92. The van der Waals surface area contributed by atoms with Gasteiger partial charge >= 0.3 is 0 Å². The fraction of sp³-hybridized carbons (Fsp3) is 0.833. The summed E-state index contributed by atoms with van der Waals surface area (Å²) in [4.78, 5) is 23.9. The molecule has 0 spiro atoms. The molecule has 2 saturated heterocycles. The van der Waals surface area contributed by atoms with Crippen LogP contribution in [0, 0.1) is 11.8 Å². The van der Waals surface area contributed by atoms with Gasteiger partial charge in [-0.2, -0.15) is 0 Å². The largest absolute Gasteiger partial charge is 0.376 e. The molecule has 1 aliphatic carbocycles. The fourth-order valence-corrected chi connectivity index (χ4v) is 3.58. The van der Waals surface area contributed by atoms with E-state index in [-0.39, 0.29) is 47.8 Å². The van der Waals surface area contributed by atoms with E-state index in [1.54, 1.807) is 14.2 Å². The first-order chi connectivity index (χ1) is 8.19. The third-order valence-corrected chi connectivity index (χ3v) is 4.29. The van der Waals surface area contributed by atoms with E-state index in [1.165, 1.54) is 0 Å². The van der Waals surface area contributed by atoms with Gasteiger partial charge in [0.25, 0.3) is 0 Å². The van der Waals surface area contributed by atoms with Crippen LogP contribution in [0.15, 0.2) is 0 Å². The second-order valence-electron chi connectivity index (χ2n) is 4.95. The second kappa shape index (κ2) is 3.86. The number of Topliss-reactive ketones (excluding diaryl/α,β-unsaturated/α-hetero) is 2. The first kappa shape index (κ1) is 11.3. The molecule has 6 atom stereocenters. The molecular weight excluding hydrogens is 224 g/mol. The van der Waals surface area contributed by atoms with Gasteiger partial charge in [0.15, 0.2) is 0 Å². The van der Waals surface area contributed by atoms with E-state index in [0.29, 0.717) is 12.8 Å². The lowest BCUT2D eigenvalue weighted by Crippen LogP contribution is -2.54. The van der Waals surface area contributed by atoms with Crippen LogP contribution < -0.4 is 0 Å². The molecule has 1 saturated carbocycles. The summed E-state index contributed by atoms with van der Waals surface area (Å²) in [6.45, 7) is 0. The first-order valence-electron chi connectivity index (χ1n) is 5.95. The second-order valence-corrected chi connectivity index (χ2v) is 4.95. The highest BCUT2D eigenvalue weighted by molar-refractivity contribution is 5.98. The van der Waals surface area contributed by atoms with E-state index in [2.05, 4.69) is 0 Å². The lowest BCUT2D eigenvalue weighted by molar-refractivity contribution is -0.145. The molecule has 17 heavy (non-hydrogen) atoms. The highest BCUT2D eigenvalue weighted by Crippen LogP contribution is 2.49. The van der Waals surface area contributed by atoms with E-state index in [1.807, 2.05) is 0 Å². The molecule has 3 fully saturated rings. The molecule has 2 aliphatic heterocycles. The average molecular weight is 240 g/mol. The average Bonchev–Trinajstić information content (AvgIpc) is 2.88. The standard InChI is InChI=1S/C12H16O5/c1-15-11-9-7-5(13)3-4-6(14)8(7)10(17-9)12(11)16-2/h7-12H,3-4H2,1-2H3/t7-,8+,9+,10-,11-,12+. The minimum atomic E-state index is -0.309. The lowest BCUT2D eigenvalue weighted by atomic mass is 9.68. The van der Waals surface area contributed by atoms with Crippen molar-refractivity contribution in [3.8, 4) is 0 Å². The van der Waals surface area contributed by atoms with Crippen molar-refractivity contribution in [2.45, 2.75) is 37.3 Å². The summed E-state index contributed by atoms with van der Waals surface area (Å²) in [5.41, 5.74) is 0. The first-order valence-corrected chi connectivity index (χ1v) is 5.95. The Morgan fingerprint density at radius 2 is 1.35 bits per heavy atom. The van der Waals surface area contributed by atoms with Gasteiger partial charge in [-0.3, -0.25) is 9.59 Å². The van der Waals surface area contributed by atoms with Crippen LogP contribution in [-0.4, -0.2) is 50.2 Å². The third-order valence-electron chi connectivity index (χ3n) is 4.29. The Morgan fingerprint density at radius 3 is 1.71 bits per heavy atom. The Hall–Kier alpha value is -0.780. The number of fused-ring (bicyclic) bond motifs is 5. The number of ether oxygens (including phenoxy) is 3. The minimum Gasteiger partial charge on any atom is -0.376 e. The van der Waals surface area contributed by atoms with Crippen molar-refractivity contribution < 1.29 is 23.8 Å². The molecule has 0 aromatic rings. The molecule has 94 valence electrons. The summed E-state index contributed by atoms with van der Waals surface area (Å²) in [7, 11) is 3.18. The van der Waals surface area contributed by atoms with Gasteiger partial charge < -0.3 is 14.2 Å². The van der Waals surface area contributed by atoms with E-state index in [0.717, 1.165) is 0 Å². The summed E-state index contributed by atoms with van der Waals surface area (Å²) in [5.74, 6) is -0.340. The Bertz CT molecular complexity index is 332. The zero-order valence-electron chi connectivity index (χ0n) is 9.92. The van der Waals surface area contributed by atoms with Crippen molar-refractivity contribution in [1.29, 1.82) is 0 Å². The van der Waals surface area contributed by atoms with Crippen LogP contribution in [0.4, 0.5) is 0 Å². The number of ketones is 2. The van der Waals surface area contributed by atoms with Crippen molar-refractivity contribution in [3.05, 3.63) is 0 Å². The van der Waals surface area contributed by atoms with Gasteiger partial charge in [-0.25, -0.2) is 0 Å². The zero-order chi connectivity index (χ0) is 12.2. The summed E-state index contributed by atoms with van der Waals surface area (Å²) < 4.78 is 16.5. The SMILES string of the molecule is CO[C@@H]1[C@H](OC)[C@H]2O[C@@H]1[C@H]1C(=O)CCC(=O)[C@@H]21. The Morgan fingerprint density at radius 1 is 0.941 bits per heavy atom. The Kier molecular flexibility index (Phi) is 2.57. The minimum absolute atomic E-state index is 0.138. The quantitative estimate of drug-likeness (QED) is 0.678. The summed E-state index contributed by atoms with van der Waals surface area (Å²) >= 11 is 0. The maximum absolute atomic E-state index is 11.9. The van der Waals surface area contributed by atoms with E-state index in [9.17, 15) is 9.59 Å². The van der Waals surface area contributed by atoms with Gasteiger partial charge in [0.05, 0.1) is 24.0 Å². The van der Waals surface area contributed by atoms with Crippen LogP contribution in [0.25, 0.3) is 0 Å². The van der Waals surface area contributed by atoms with Crippen LogP contribution in [-0.2, 0) is 23.8 Å². The number of hydrogen-bond acceptors (Lipinski definition) is 5. The molecule has 2 bridgehead atoms. The predicted molar refractivity (Wildman–Crippen MR) is 56.5 cm³/mol. The van der Waals surface area contributed by atoms with E-state index >= 15 is 0 Å². The molecule has 3 aliphatic rings. The number of carbonyl (C=O) groups excluding carboxylic acids is 2. The van der Waals surface area contributed by atoms with Crippen molar-refractivity contribution >= 4 is 11.6 Å². The molecule has 0 radical (unpaired) electrons. The van der Waals surface area contributed by atoms with Gasteiger partial charge in [0.2, 0.25) is 0 Å². The number of methoxy groups -OCH3 is 2. The summed E-state index contributed by atoms with van der Waals surface area (Å²) in [6, 6.07) is 0. The number of carbonyl (C=O) groups is 2. The monoisotopic (exact) mass is 240 g/mol. The van der Waals surface area contributed by atoms with Crippen LogP contribution in [0.1, 0.15) is 12.8 Å². The molecule has 0 aromatic carbocycles. The van der Waals surface area contributed by atoms with Gasteiger partial charge in [-0.1, -0.05) is 0 Å². The number of hydrogen-bond donors (Lipinski definition) is 0. The highest BCUT2D eigenvalue weighted by atomic mass is 16.6. The molecule has 5 nitrogen and oxygen atoms in total. The predicted octanol–water partition coefficient (Wildman–Crippen LogP) is -0.0382. The van der Waals surface area contributed by atoms with Gasteiger partial charge in [-0.15, -0.1) is 0 Å². The normalized spacial score (nSPS) is 48.6. The molecule has 0 aromatic heterocycles. The van der Waals surface area contributed by atoms with Crippen LogP contribution >= 0.6 is 0 Å². The number of rotatable bonds is 2. The highest BCUT2D eigenvalue weighted by Gasteiger charge is 2.65. The Balaban J connectivity index is 1.95. The van der Waals surface area contributed by atoms with Crippen LogP contribution in [0.5, 0.6) is 0 Å². The van der Waals surface area contributed by atoms with Crippen molar-refractivity contribution in [2.24, 2.45) is 11.8 Å². The molecule has 5 heteroatoms. The molecular formula is C12H16O5. The van der Waals surface area contributed by atoms with E-state index in [4.69, 9.17) is 14.2 Å². The van der Waals surface area contributed by atoms with Crippen LogP contribution in [0.2, 0.25) is 0 Å². The molecule has 0 N–H and O–H groups in total. The van der Waals surface area contributed by atoms with E-state index < -0.39 is 0 Å². The van der Waals surface area contributed by atoms with Crippen molar-refractivity contribution in [2.75, 3.05) is 14.2 Å². The van der Waals surface area contributed by atoms with Gasteiger partial charge in [-0.05, 0) is 0 Å². The molecule has 0 amide bonds. The Labute approximate surface area is 99.4 Å². The van der Waals surface area contributed by atoms with Gasteiger partial charge in [0.1, 0.15) is 23.8 Å². The topological polar surface area (TPSA) is 61.8 Å². The van der Waals surface area contributed by atoms with Crippen molar-refractivity contribution in [3.63, 3.8) is 0 Å². The third kappa shape index (κ3) is 1.36. The summed E-state index contributed by atoms with van der Waals surface area (Å²) in [5, 5.41) is 0. The maximum atomic E-state index is 11.9.